The molecule has 5 heteroatoms. The lowest BCUT2D eigenvalue weighted by molar-refractivity contribution is -0.149. The van der Waals surface area contributed by atoms with Gasteiger partial charge in [-0.2, -0.15) is 0 Å². The van der Waals surface area contributed by atoms with Crippen LogP contribution in [0.5, 0.6) is 0 Å². The summed E-state index contributed by atoms with van der Waals surface area (Å²) >= 11 is 0. The van der Waals surface area contributed by atoms with Crippen molar-refractivity contribution in [3.63, 3.8) is 0 Å². The van der Waals surface area contributed by atoms with Gasteiger partial charge in [-0.3, -0.25) is 4.79 Å². The van der Waals surface area contributed by atoms with Gasteiger partial charge in [0.25, 0.3) is 5.91 Å². The maximum atomic E-state index is 12.5. The zero-order chi connectivity index (χ0) is 17.6. The highest BCUT2D eigenvalue weighted by Gasteiger charge is 2.42. The lowest BCUT2D eigenvalue weighted by atomic mass is 10.1. The number of hydrogen-bond acceptors (Lipinski definition) is 4. The average Bonchev–Trinajstić information content (AvgIpc) is 3.38. The molecule has 2 aromatic carbocycles. The van der Waals surface area contributed by atoms with Crippen LogP contribution in [0.2, 0.25) is 0 Å². The van der Waals surface area contributed by atoms with E-state index in [1.165, 1.54) is 0 Å². The summed E-state index contributed by atoms with van der Waals surface area (Å²) in [6, 6.07) is 18.2. The van der Waals surface area contributed by atoms with Gasteiger partial charge in [0.15, 0.2) is 6.10 Å². The third kappa shape index (κ3) is 4.90. The molecule has 1 heterocycles. The van der Waals surface area contributed by atoms with Crippen LogP contribution in [0.15, 0.2) is 60.7 Å². The van der Waals surface area contributed by atoms with E-state index in [4.69, 9.17) is 9.47 Å². The summed E-state index contributed by atoms with van der Waals surface area (Å²) in [5.41, 5.74) is 1.86. The van der Waals surface area contributed by atoms with Gasteiger partial charge in [-0.05, 0) is 18.1 Å². The first kappa shape index (κ1) is 17.2. The predicted molar refractivity (Wildman–Crippen MR) is 92.6 cm³/mol. The molecule has 130 valence electrons. The van der Waals surface area contributed by atoms with E-state index >= 15 is 0 Å². The molecule has 0 unspecified atom stereocenters. The molecule has 0 radical (unpaired) electrons. The van der Waals surface area contributed by atoms with E-state index in [0.29, 0.717) is 6.42 Å². The van der Waals surface area contributed by atoms with Gasteiger partial charge in [-0.1, -0.05) is 60.7 Å². The Balaban J connectivity index is 1.63. The summed E-state index contributed by atoms with van der Waals surface area (Å²) in [7, 11) is 0. The molecule has 0 aliphatic carbocycles. The molecule has 5 nitrogen and oxygen atoms in total. The Hall–Kier alpha value is -2.66. The molecule has 1 aliphatic heterocycles. The van der Waals surface area contributed by atoms with Crippen molar-refractivity contribution in [2.45, 2.75) is 38.2 Å². The van der Waals surface area contributed by atoms with Gasteiger partial charge in [0.2, 0.25) is 0 Å². The SMILES string of the molecule is C[C@H]1O[C@H]1C(=O)N[C@@H](Cc1ccccc1)C(=O)OCc1ccccc1. The summed E-state index contributed by atoms with van der Waals surface area (Å²) in [6.07, 6.45) is -0.195. The summed E-state index contributed by atoms with van der Waals surface area (Å²) in [5.74, 6) is -0.723. The number of ether oxygens (including phenoxy) is 2. The number of nitrogens with one attached hydrogen (secondary N) is 1. The molecule has 1 amide bonds. The Bertz CT molecular complexity index is 717. The number of carbonyl (C=O) groups excluding carboxylic acids is 2. The largest absolute Gasteiger partial charge is 0.459 e. The van der Waals surface area contributed by atoms with Gasteiger partial charge in [0, 0.05) is 6.42 Å². The van der Waals surface area contributed by atoms with Crippen molar-refractivity contribution in [3.8, 4) is 0 Å². The van der Waals surface area contributed by atoms with Crippen LogP contribution < -0.4 is 5.32 Å². The van der Waals surface area contributed by atoms with E-state index < -0.39 is 18.1 Å². The summed E-state index contributed by atoms with van der Waals surface area (Å²) in [6.45, 7) is 2.00. The van der Waals surface area contributed by atoms with Crippen LogP contribution in [0, 0.1) is 0 Å². The fraction of sp³-hybridized carbons (Fsp3) is 0.300. The highest BCUT2D eigenvalue weighted by molar-refractivity contribution is 5.88. The van der Waals surface area contributed by atoms with Crippen molar-refractivity contribution in [2.75, 3.05) is 0 Å². The monoisotopic (exact) mass is 339 g/mol. The zero-order valence-corrected chi connectivity index (χ0v) is 14.1. The van der Waals surface area contributed by atoms with Crippen LogP contribution in [0.4, 0.5) is 0 Å². The summed E-state index contributed by atoms with van der Waals surface area (Å²) in [4.78, 5) is 24.7. The van der Waals surface area contributed by atoms with Crippen LogP contribution in [0.3, 0.4) is 0 Å². The number of epoxide rings is 1. The van der Waals surface area contributed by atoms with E-state index in [1.54, 1.807) is 0 Å². The standard InChI is InChI=1S/C20H21NO4/c1-14-18(25-14)19(22)21-17(12-15-8-4-2-5-9-15)20(23)24-13-16-10-6-3-7-11-16/h2-11,14,17-18H,12-13H2,1H3,(H,21,22)/t14-,17+,18-/m1/s1. The van der Waals surface area contributed by atoms with Crippen molar-refractivity contribution in [3.05, 3.63) is 71.8 Å². The molecule has 0 aromatic heterocycles. The lowest BCUT2D eigenvalue weighted by Gasteiger charge is -2.17. The molecule has 2 aromatic rings. The quantitative estimate of drug-likeness (QED) is 0.620. The van der Waals surface area contributed by atoms with Crippen molar-refractivity contribution in [1.29, 1.82) is 0 Å². The first-order valence-electron chi connectivity index (χ1n) is 8.34. The number of esters is 1. The van der Waals surface area contributed by atoms with E-state index in [0.717, 1.165) is 11.1 Å². The molecular weight excluding hydrogens is 318 g/mol. The summed E-state index contributed by atoms with van der Waals surface area (Å²) in [5, 5.41) is 2.76. The van der Waals surface area contributed by atoms with Gasteiger partial charge in [-0.25, -0.2) is 4.79 Å². The number of hydrogen-bond donors (Lipinski definition) is 1. The molecule has 1 N–H and O–H groups in total. The maximum absolute atomic E-state index is 12.5. The van der Waals surface area contributed by atoms with E-state index in [9.17, 15) is 9.59 Å². The number of benzene rings is 2. The van der Waals surface area contributed by atoms with Crippen molar-refractivity contribution in [1.82, 2.24) is 5.32 Å². The highest BCUT2D eigenvalue weighted by Crippen LogP contribution is 2.21. The molecule has 0 saturated carbocycles. The van der Waals surface area contributed by atoms with Crippen LogP contribution in [0.1, 0.15) is 18.1 Å². The van der Waals surface area contributed by atoms with Crippen molar-refractivity contribution >= 4 is 11.9 Å². The molecule has 1 saturated heterocycles. The Morgan fingerprint density at radius 1 is 1.04 bits per heavy atom. The fourth-order valence-corrected chi connectivity index (χ4v) is 2.59. The molecule has 25 heavy (non-hydrogen) atoms. The van der Waals surface area contributed by atoms with E-state index in [-0.39, 0.29) is 18.6 Å². The normalized spacial score (nSPS) is 19.7. The molecule has 3 rings (SSSR count). The second-order valence-electron chi connectivity index (χ2n) is 6.11. The molecule has 0 spiro atoms. The minimum absolute atomic E-state index is 0.0993. The fourth-order valence-electron chi connectivity index (χ4n) is 2.59. The third-order valence-electron chi connectivity index (χ3n) is 4.08. The van der Waals surface area contributed by atoms with E-state index in [2.05, 4.69) is 5.32 Å². The predicted octanol–water partition coefficient (Wildman–Crippen LogP) is 2.24. The Kier molecular flexibility index (Phi) is 5.46. The molecule has 0 bridgehead atoms. The summed E-state index contributed by atoms with van der Waals surface area (Å²) < 4.78 is 10.6. The van der Waals surface area contributed by atoms with Crippen molar-refractivity contribution < 1.29 is 19.1 Å². The smallest absolute Gasteiger partial charge is 0.329 e. The zero-order valence-electron chi connectivity index (χ0n) is 14.1. The second-order valence-corrected chi connectivity index (χ2v) is 6.11. The Morgan fingerprint density at radius 3 is 2.16 bits per heavy atom. The Labute approximate surface area is 147 Å². The first-order valence-corrected chi connectivity index (χ1v) is 8.34. The van der Waals surface area contributed by atoms with Crippen LogP contribution in [-0.2, 0) is 32.1 Å². The Morgan fingerprint density at radius 2 is 1.60 bits per heavy atom. The molecule has 3 atom stereocenters. The topological polar surface area (TPSA) is 67.9 Å². The molecular formula is C20H21NO4. The minimum Gasteiger partial charge on any atom is -0.459 e. The molecule has 1 aliphatic rings. The van der Waals surface area contributed by atoms with Gasteiger partial charge < -0.3 is 14.8 Å². The second kappa shape index (κ2) is 7.94. The maximum Gasteiger partial charge on any atom is 0.329 e. The van der Waals surface area contributed by atoms with Gasteiger partial charge in [0.05, 0.1) is 6.10 Å². The number of amides is 1. The van der Waals surface area contributed by atoms with Crippen LogP contribution >= 0.6 is 0 Å². The first-order chi connectivity index (χ1) is 12.1. The average molecular weight is 339 g/mol. The van der Waals surface area contributed by atoms with Gasteiger partial charge >= 0.3 is 5.97 Å². The van der Waals surface area contributed by atoms with Crippen LogP contribution in [0.25, 0.3) is 0 Å². The van der Waals surface area contributed by atoms with Crippen molar-refractivity contribution in [2.24, 2.45) is 0 Å². The van der Waals surface area contributed by atoms with Gasteiger partial charge in [0.1, 0.15) is 12.6 Å². The third-order valence-corrected chi connectivity index (χ3v) is 4.08. The molecule has 1 fully saturated rings. The lowest BCUT2D eigenvalue weighted by Crippen LogP contribution is -2.45. The van der Waals surface area contributed by atoms with E-state index in [1.807, 2.05) is 67.6 Å². The van der Waals surface area contributed by atoms with Crippen LogP contribution in [-0.4, -0.2) is 30.1 Å². The highest BCUT2D eigenvalue weighted by atomic mass is 16.6. The van der Waals surface area contributed by atoms with Gasteiger partial charge in [-0.15, -0.1) is 0 Å². The number of carbonyl (C=O) groups is 2. The number of rotatable bonds is 7. The minimum atomic E-state index is -0.741.